The van der Waals surface area contributed by atoms with Crippen molar-refractivity contribution in [2.75, 3.05) is 5.32 Å². The van der Waals surface area contributed by atoms with Crippen molar-refractivity contribution in [2.45, 2.75) is 19.9 Å². The standard InChI is InChI=1S/C15H13Cl2N5O2/c1-2-7-22-20-15(19-21-22)18-14(23)13-6-5-12(24-13)10-8-9(16)3-4-11(10)17/h3-6,8H,2,7H2,1H3,(H,18,20,23). The van der Waals surface area contributed by atoms with E-state index in [1.54, 1.807) is 30.3 Å². The van der Waals surface area contributed by atoms with Gasteiger partial charge in [-0.2, -0.15) is 4.80 Å². The van der Waals surface area contributed by atoms with Gasteiger partial charge in [-0.15, -0.1) is 5.10 Å². The summed E-state index contributed by atoms with van der Waals surface area (Å²) in [4.78, 5) is 13.6. The van der Waals surface area contributed by atoms with Gasteiger partial charge in [-0.05, 0) is 42.0 Å². The highest BCUT2D eigenvalue weighted by Crippen LogP contribution is 2.31. The van der Waals surface area contributed by atoms with Crippen LogP contribution in [0, 0.1) is 0 Å². The van der Waals surface area contributed by atoms with Crippen molar-refractivity contribution >= 4 is 35.1 Å². The molecule has 0 bridgehead atoms. The second kappa shape index (κ2) is 7.02. The van der Waals surface area contributed by atoms with Crippen LogP contribution in [0.25, 0.3) is 11.3 Å². The fraction of sp³-hybridized carbons (Fsp3) is 0.200. The molecule has 0 aliphatic rings. The summed E-state index contributed by atoms with van der Waals surface area (Å²) in [6, 6.07) is 8.20. The molecule has 0 aliphatic carbocycles. The van der Waals surface area contributed by atoms with E-state index in [1.165, 1.54) is 4.80 Å². The Kier molecular flexibility index (Phi) is 4.82. The fourth-order valence-corrected chi connectivity index (χ4v) is 2.42. The van der Waals surface area contributed by atoms with Gasteiger partial charge in [-0.3, -0.25) is 10.1 Å². The van der Waals surface area contributed by atoms with E-state index in [1.807, 2.05) is 6.92 Å². The number of anilines is 1. The van der Waals surface area contributed by atoms with Gasteiger partial charge in [-0.25, -0.2) is 0 Å². The zero-order valence-corrected chi connectivity index (χ0v) is 14.2. The van der Waals surface area contributed by atoms with Crippen molar-refractivity contribution in [2.24, 2.45) is 0 Å². The molecule has 24 heavy (non-hydrogen) atoms. The number of rotatable bonds is 5. The maximum atomic E-state index is 12.2. The van der Waals surface area contributed by atoms with E-state index in [4.69, 9.17) is 27.6 Å². The zero-order chi connectivity index (χ0) is 17.1. The van der Waals surface area contributed by atoms with Gasteiger partial charge >= 0.3 is 0 Å². The van der Waals surface area contributed by atoms with E-state index in [0.29, 0.717) is 27.9 Å². The minimum absolute atomic E-state index is 0.105. The Morgan fingerprint density at radius 2 is 2.12 bits per heavy atom. The lowest BCUT2D eigenvalue weighted by atomic mass is 10.2. The van der Waals surface area contributed by atoms with Crippen molar-refractivity contribution in [3.63, 3.8) is 0 Å². The lowest BCUT2D eigenvalue weighted by Gasteiger charge is -2.01. The smallest absolute Gasteiger partial charge is 0.293 e. The number of carbonyl (C=O) groups excluding carboxylic acids is 1. The van der Waals surface area contributed by atoms with E-state index in [0.717, 1.165) is 6.42 Å². The summed E-state index contributed by atoms with van der Waals surface area (Å²) in [6.45, 7) is 2.62. The Morgan fingerprint density at radius 1 is 1.29 bits per heavy atom. The number of hydrogen-bond donors (Lipinski definition) is 1. The molecule has 3 aromatic rings. The van der Waals surface area contributed by atoms with Crippen LogP contribution in [-0.2, 0) is 6.54 Å². The molecule has 0 atom stereocenters. The van der Waals surface area contributed by atoms with E-state index in [-0.39, 0.29) is 11.7 Å². The summed E-state index contributed by atoms with van der Waals surface area (Å²) >= 11 is 12.1. The third-order valence-electron chi connectivity index (χ3n) is 3.13. The number of tetrazole rings is 1. The van der Waals surface area contributed by atoms with Crippen LogP contribution in [0.4, 0.5) is 5.95 Å². The molecule has 2 aromatic heterocycles. The quantitative estimate of drug-likeness (QED) is 0.740. The second-order valence-corrected chi connectivity index (χ2v) is 5.79. The van der Waals surface area contributed by atoms with Crippen molar-refractivity contribution in [1.82, 2.24) is 20.2 Å². The molecule has 1 aromatic carbocycles. The first kappa shape index (κ1) is 16.5. The predicted octanol–water partition coefficient (Wildman–Crippen LogP) is 3.90. The van der Waals surface area contributed by atoms with Crippen LogP contribution in [0.15, 0.2) is 34.7 Å². The van der Waals surface area contributed by atoms with Gasteiger partial charge in [0.15, 0.2) is 5.76 Å². The van der Waals surface area contributed by atoms with Crippen LogP contribution in [0.5, 0.6) is 0 Å². The van der Waals surface area contributed by atoms with Crippen LogP contribution in [0.3, 0.4) is 0 Å². The Bertz CT molecular complexity index is 874. The average molecular weight is 366 g/mol. The molecule has 0 spiro atoms. The molecule has 0 saturated heterocycles. The van der Waals surface area contributed by atoms with E-state index < -0.39 is 5.91 Å². The van der Waals surface area contributed by atoms with Gasteiger partial charge in [-0.1, -0.05) is 35.2 Å². The molecule has 0 radical (unpaired) electrons. The van der Waals surface area contributed by atoms with Gasteiger partial charge in [0.2, 0.25) is 0 Å². The number of furan rings is 1. The molecule has 7 nitrogen and oxygen atoms in total. The van der Waals surface area contributed by atoms with Crippen molar-refractivity contribution in [3.05, 3.63) is 46.1 Å². The Balaban J connectivity index is 1.77. The maximum Gasteiger partial charge on any atom is 0.293 e. The number of benzene rings is 1. The SMILES string of the molecule is CCCn1nnc(NC(=O)c2ccc(-c3cc(Cl)ccc3Cl)o2)n1. The Hall–Kier alpha value is -2.38. The average Bonchev–Trinajstić information content (AvgIpc) is 3.20. The van der Waals surface area contributed by atoms with E-state index in [2.05, 4.69) is 20.7 Å². The summed E-state index contributed by atoms with van der Waals surface area (Å²) in [6.07, 6.45) is 0.867. The Morgan fingerprint density at radius 3 is 2.92 bits per heavy atom. The third-order valence-corrected chi connectivity index (χ3v) is 3.69. The van der Waals surface area contributed by atoms with Gasteiger partial charge in [0.25, 0.3) is 11.9 Å². The normalized spacial score (nSPS) is 10.8. The molecule has 9 heteroatoms. The lowest BCUT2D eigenvalue weighted by molar-refractivity contribution is 0.0996. The molecule has 0 aliphatic heterocycles. The molecule has 1 N–H and O–H groups in total. The number of hydrogen-bond acceptors (Lipinski definition) is 5. The number of aromatic nitrogens is 4. The first-order valence-electron chi connectivity index (χ1n) is 7.21. The molecule has 124 valence electrons. The number of carbonyl (C=O) groups is 1. The van der Waals surface area contributed by atoms with E-state index in [9.17, 15) is 4.79 Å². The summed E-state index contributed by atoms with van der Waals surface area (Å²) in [7, 11) is 0. The van der Waals surface area contributed by atoms with Gasteiger partial charge in [0, 0.05) is 10.6 Å². The minimum Gasteiger partial charge on any atom is -0.451 e. The van der Waals surface area contributed by atoms with Crippen LogP contribution in [0.2, 0.25) is 10.0 Å². The number of halogens is 2. The van der Waals surface area contributed by atoms with Crippen molar-refractivity contribution in [3.8, 4) is 11.3 Å². The molecule has 0 saturated carbocycles. The highest BCUT2D eigenvalue weighted by atomic mass is 35.5. The first-order chi connectivity index (χ1) is 11.6. The fourth-order valence-electron chi connectivity index (χ4n) is 2.04. The summed E-state index contributed by atoms with van der Waals surface area (Å²) in [5.74, 6) is 0.186. The Labute approximate surface area is 147 Å². The van der Waals surface area contributed by atoms with Crippen molar-refractivity contribution in [1.29, 1.82) is 0 Å². The van der Waals surface area contributed by atoms with Gasteiger partial charge < -0.3 is 4.42 Å². The van der Waals surface area contributed by atoms with Gasteiger partial charge in [0.1, 0.15) is 5.76 Å². The van der Waals surface area contributed by atoms with E-state index >= 15 is 0 Å². The largest absolute Gasteiger partial charge is 0.451 e. The topological polar surface area (TPSA) is 85.8 Å². The van der Waals surface area contributed by atoms with Crippen LogP contribution < -0.4 is 5.32 Å². The number of nitrogens with one attached hydrogen (secondary N) is 1. The highest BCUT2D eigenvalue weighted by Gasteiger charge is 2.16. The highest BCUT2D eigenvalue weighted by molar-refractivity contribution is 6.35. The molecule has 0 fully saturated rings. The molecule has 1 amide bonds. The third kappa shape index (κ3) is 3.58. The molecular formula is C15H13Cl2N5O2. The minimum atomic E-state index is -0.476. The maximum absolute atomic E-state index is 12.2. The summed E-state index contributed by atoms with van der Waals surface area (Å²) < 4.78 is 5.56. The molecule has 2 heterocycles. The molecular weight excluding hydrogens is 353 g/mol. The second-order valence-electron chi connectivity index (χ2n) is 4.95. The summed E-state index contributed by atoms with van der Waals surface area (Å²) in [5.41, 5.74) is 0.607. The van der Waals surface area contributed by atoms with Gasteiger partial charge in [0.05, 0.1) is 11.6 Å². The lowest BCUT2D eigenvalue weighted by Crippen LogP contribution is -2.12. The van der Waals surface area contributed by atoms with Crippen LogP contribution >= 0.6 is 23.2 Å². The molecule has 3 rings (SSSR count). The number of amides is 1. The summed E-state index contributed by atoms with van der Waals surface area (Å²) in [5, 5.41) is 15.2. The number of nitrogens with zero attached hydrogens (tertiary/aromatic N) is 4. The predicted molar refractivity (Wildman–Crippen MR) is 90.2 cm³/mol. The molecule has 0 unspecified atom stereocenters. The van der Waals surface area contributed by atoms with Crippen LogP contribution in [0.1, 0.15) is 23.9 Å². The first-order valence-corrected chi connectivity index (χ1v) is 7.97. The monoisotopic (exact) mass is 365 g/mol. The zero-order valence-electron chi connectivity index (χ0n) is 12.7. The number of aryl methyl sites for hydroxylation is 1. The van der Waals surface area contributed by atoms with Crippen LogP contribution in [-0.4, -0.2) is 26.1 Å². The van der Waals surface area contributed by atoms with Crippen molar-refractivity contribution < 1.29 is 9.21 Å².